The Hall–Kier alpha value is -10.3. The molecule has 0 atom stereocenters. The normalized spacial score (nSPS) is 13.6. The third-order valence-corrected chi connectivity index (χ3v) is 36.1. The number of aromatic nitrogens is 3. The van der Waals surface area contributed by atoms with E-state index in [1.54, 1.807) is 45.0 Å². The zero-order chi connectivity index (χ0) is 109. The van der Waals surface area contributed by atoms with Crippen LogP contribution in [0.3, 0.4) is 0 Å². The monoisotopic (exact) mass is 2330 g/mol. The number of nitrogens with zero attached hydrogens (tertiary/aromatic N) is 6. The van der Waals surface area contributed by atoms with Gasteiger partial charge in [0.1, 0.15) is 17.5 Å². The van der Waals surface area contributed by atoms with Gasteiger partial charge in [-0.2, -0.15) is 34.2 Å². The van der Waals surface area contributed by atoms with E-state index in [4.69, 9.17) is 26.7 Å². The van der Waals surface area contributed by atoms with Gasteiger partial charge in [-0.15, -0.1) is 0 Å². The molecule has 11 aromatic carbocycles. The molecule has 3 heterocycles. The first kappa shape index (κ1) is 118. The molecule has 9 nitrogen and oxygen atoms in total. The first-order chi connectivity index (χ1) is 71.3. The van der Waals surface area contributed by atoms with Gasteiger partial charge in [0.25, 0.3) is 0 Å². The number of halogens is 11. The predicted octanol–water partition coefficient (Wildman–Crippen LogP) is 35.1. The van der Waals surface area contributed by atoms with Gasteiger partial charge in [0.15, 0.2) is 34.7 Å². The van der Waals surface area contributed by atoms with E-state index in [1.807, 2.05) is 126 Å². The third-order valence-electron chi connectivity index (χ3n) is 27.9. The topological polar surface area (TPSA) is 140 Å². The Morgan fingerprint density at radius 2 is 0.540 bits per heavy atom. The maximum absolute atomic E-state index is 14.5. The van der Waals surface area contributed by atoms with Crippen molar-refractivity contribution in [3.63, 3.8) is 0 Å². The van der Waals surface area contributed by atoms with Crippen molar-refractivity contribution in [1.29, 1.82) is 0 Å². The molecule has 3 aromatic heterocycles. The molecule has 23 heteroatoms. The van der Waals surface area contributed by atoms with E-state index >= 15 is 0 Å². The van der Waals surface area contributed by atoms with Crippen molar-refractivity contribution in [1.82, 2.24) is 15.0 Å². The van der Waals surface area contributed by atoms with Gasteiger partial charge < -0.3 is 30.3 Å². The number of alkyl halides is 3. The molecule has 0 aliphatic heterocycles. The van der Waals surface area contributed by atoms with Gasteiger partial charge in [0.2, 0.25) is 0 Å². The fraction of sp³-hybridized carbons (Fsp3) is 0.362. The number of hydrogen-bond donors (Lipinski definition) is 3. The summed E-state index contributed by atoms with van der Waals surface area (Å²) in [5.41, 5.74) is 31.0. The molecule has 6 aliphatic carbocycles. The average Bonchev–Trinajstić information content (AvgIpc) is 0.926. The van der Waals surface area contributed by atoms with Crippen LogP contribution in [-0.2, 0) is 148 Å². The third kappa shape index (κ3) is 31.7. The van der Waals surface area contributed by atoms with Gasteiger partial charge >= 0.3 is 375 Å². The van der Waals surface area contributed by atoms with Crippen LogP contribution >= 0.6 is 23.2 Å². The zero-order valence-corrected chi connectivity index (χ0v) is 97.1. The van der Waals surface area contributed by atoms with Crippen LogP contribution in [0.1, 0.15) is 271 Å². The van der Waals surface area contributed by atoms with E-state index in [0.29, 0.717) is 43.4 Å². The zero-order valence-electron chi connectivity index (χ0n) is 89.6. The van der Waals surface area contributed by atoms with Crippen LogP contribution in [0.4, 0.5) is 56.6 Å². The Labute approximate surface area is 916 Å². The van der Waals surface area contributed by atoms with Gasteiger partial charge in [-0.1, -0.05) is 77.9 Å². The number of fused-ring (bicyclic) bond motifs is 6. The second-order valence-electron chi connectivity index (χ2n) is 41.9. The summed E-state index contributed by atoms with van der Waals surface area (Å²) < 4.78 is 146. The first-order valence-corrected chi connectivity index (χ1v) is 58.9. The summed E-state index contributed by atoms with van der Waals surface area (Å²) in [5, 5.41) is 32.8. The molecule has 0 amide bonds. The number of phenols is 3. The van der Waals surface area contributed by atoms with Gasteiger partial charge in [-0.3, -0.25) is 0 Å². The van der Waals surface area contributed by atoms with Crippen LogP contribution < -0.4 is 15.0 Å². The van der Waals surface area contributed by atoms with Crippen LogP contribution in [0.2, 0.25) is 10.0 Å². The Morgan fingerprint density at radius 1 is 0.287 bits per heavy atom. The number of hydrogen-bond acceptors (Lipinski definition) is 6. The minimum atomic E-state index is -4.36. The molecule has 3 N–H and O–H groups in total. The molecule has 0 fully saturated rings. The number of aromatic hydroxyl groups is 3. The standard InChI is InChI=1S/3C21H22F2O.2C10H12.C8H9N.C7H4F3N.C6H3Cl2N.3C6H8N.C5H10.3Mo/c3*1-12-17(22)10-13-6-2-4-8-15(13)19(12)20-16-9-5-3-7-14(16)11-18(23)21(20)24;2*1-10(2,3)9-7-5-4-6-8-9;1-6-4-3-5-7(2)8(6)9;8-7(9,10)5-3-1-2-4-6(5)11;7-4-2-1-3-5(8)6(4)9;3*1-5-3-4-6(2)7-5;1-5(2,3)4;;;/h3*10-11,24H,2-9H2,1H3;2*1,4-8H,2-3H3;3-5H,1-2H3;1-4H;1-3H;3*3-4H,1-2H3;1H,2-4H3;;;/q;;;;;;;;3*-1;;;;. The number of aryl methyl sites for hydroxylation is 14. The van der Waals surface area contributed by atoms with E-state index in [-0.39, 0.29) is 56.6 Å². The van der Waals surface area contributed by atoms with E-state index in [9.17, 15) is 54.8 Å². The molecule has 0 spiro atoms. The number of benzene rings is 11. The first-order valence-electron chi connectivity index (χ1n) is 52.0. The van der Waals surface area contributed by atoms with Crippen LogP contribution in [0, 0.1) is 116 Å². The van der Waals surface area contributed by atoms with Crippen LogP contribution in [0.15, 0.2) is 205 Å². The molecule has 794 valence electrons. The summed E-state index contributed by atoms with van der Waals surface area (Å²) in [6.45, 7) is 36.6. The van der Waals surface area contributed by atoms with Crippen LogP contribution in [0.5, 0.6) is 17.2 Å². The minimum absolute atomic E-state index is 0.0394. The van der Waals surface area contributed by atoms with Gasteiger partial charge in [0.05, 0.1) is 0 Å². The quantitative estimate of drug-likeness (QED) is 0.0920. The maximum atomic E-state index is 14.5. The molecule has 6 aliphatic rings. The predicted molar refractivity (Wildman–Crippen MR) is 589 cm³/mol. The van der Waals surface area contributed by atoms with Crippen molar-refractivity contribution in [2.75, 3.05) is 0 Å². The molecule has 0 unspecified atom stereocenters. The molecular weight excluding hydrogens is 2190 g/mol. The summed E-state index contributed by atoms with van der Waals surface area (Å²) in [6.07, 6.45) is 18.3. The molecule has 14 aromatic rings. The summed E-state index contributed by atoms with van der Waals surface area (Å²) in [5.74, 6) is -3.43. The van der Waals surface area contributed by atoms with Gasteiger partial charge in [0, 0.05) is 16.7 Å². The molecular formula is C127H140Cl2F9Mo3N6O3-3. The van der Waals surface area contributed by atoms with Crippen molar-refractivity contribution in [3.05, 3.63) is 385 Å². The number of phenolic OH excluding ortho intramolecular Hbond substituents is 3. The Morgan fingerprint density at radius 3 is 0.827 bits per heavy atom. The van der Waals surface area contributed by atoms with E-state index in [1.165, 1.54) is 52.7 Å². The molecule has 0 radical (unpaired) electrons. The fourth-order valence-electron chi connectivity index (χ4n) is 20.0. The summed E-state index contributed by atoms with van der Waals surface area (Å²) in [4.78, 5) is 12.3. The Bertz CT molecular complexity index is 6570. The van der Waals surface area contributed by atoms with Gasteiger partial charge in [-0.05, 0) is 311 Å². The number of rotatable bonds is 10. The Kier molecular flexibility index (Phi) is 43.0. The molecule has 0 saturated carbocycles. The van der Waals surface area contributed by atoms with Crippen molar-refractivity contribution < 1.29 is 109 Å². The van der Waals surface area contributed by atoms with Crippen LogP contribution in [-0.4, -0.2) is 28.5 Å². The fourth-order valence-corrected chi connectivity index (χ4v) is 26.2. The second-order valence-corrected chi connectivity index (χ2v) is 47.3. The molecule has 150 heavy (non-hydrogen) atoms. The summed E-state index contributed by atoms with van der Waals surface area (Å²) in [6, 6.07) is 59.3. The summed E-state index contributed by atoms with van der Waals surface area (Å²) in [7, 11) is 0. The second kappa shape index (κ2) is 54.5. The average molecular weight is 2330 g/mol. The van der Waals surface area contributed by atoms with Crippen LogP contribution in [0.25, 0.3) is 33.4 Å². The van der Waals surface area contributed by atoms with E-state index in [2.05, 4.69) is 146 Å². The van der Waals surface area contributed by atoms with Crippen molar-refractivity contribution >= 4 is 53.5 Å². The molecule has 0 bridgehead atoms. The molecule has 20 rings (SSSR count). The van der Waals surface area contributed by atoms with Gasteiger partial charge in [-0.25, -0.2) is 26.3 Å². The molecule has 0 saturated heterocycles. The van der Waals surface area contributed by atoms with Crippen molar-refractivity contribution in [2.45, 2.75) is 296 Å². The van der Waals surface area contributed by atoms with E-state index < -0.39 is 82.9 Å². The Balaban J connectivity index is 0.000000154. The van der Waals surface area contributed by atoms with E-state index in [0.717, 1.165) is 289 Å². The SMILES string of the molecule is CC(C)(C)[CH]=[Mo]=[N]c1c(Cl)cccc1Cl.CC(C)([CH]=[Mo]=[N]c1ccccc1C(F)(F)F)c1ccccc1.Cc1c(F)cc2c(c1-c1c(O)c(F)cc3c1CCCC3)CCCC2.Cc1c(F)cc2c(c1-c1c(O)c(F)cc3c1CCCC3)CCCC2.Cc1c(F)cc2c(c1-c1c(O)c(F)cc3c1CCCC3)CCCC2.Cc1ccc(C)[n-]1.Cc1ccc(C)[n-]1.Cc1ccc(C)[n-]1.Cc1cccc(C)c1[N]=[Mo]=[CH]C(C)(C)c1ccccc1. The van der Waals surface area contributed by atoms with Crippen molar-refractivity contribution in [3.8, 4) is 50.6 Å². The van der Waals surface area contributed by atoms with Crippen molar-refractivity contribution in [2.24, 2.45) is 15.9 Å². The summed E-state index contributed by atoms with van der Waals surface area (Å²) >= 11 is 9.97.